The Kier molecular flexibility index (Phi) is 5.65. The minimum Gasteiger partial charge on any atom is -0.489 e. The molecule has 0 radical (unpaired) electrons. The Morgan fingerprint density at radius 2 is 1.71 bits per heavy atom. The summed E-state index contributed by atoms with van der Waals surface area (Å²) in [7, 11) is -7.70. The third-order valence-electron chi connectivity index (χ3n) is 2.49. The van der Waals surface area contributed by atoms with Crippen molar-refractivity contribution in [2.75, 3.05) is 18.1 Å². The minimum absolute atomic E-state index is 0.0302. The largest absolute Gasteiger partial charge is 0.489 e. The number of rotatable bonds is 7. The fourth-order valence-corrected chi connectivity index (χ4v) is 3.30. The average Bonchev–Trinajstić information content (AvgIpc) is 2.32. The molecule has 0 saturated heterocycles. The monoisotopic (exact) mass is 343 g/mol. The molecule has 0 fully saturated rings. The van der Waals surface area contributed by atoms with Crippen molar-refractivity contribution in [1.82, 2.24) is 0 Å². The van der Waals surface area contributed by atoms with Crippen LogP contribution in [-0.4, -0.2) is 34.9 Å². The molecule has 10 heteroatoms. The Morgan fingerprint density at radius 3 is 2.24 bits per heavy atom. The quantitative estimate of drug-likeness (QED) is 0.789. The number of primary sulfonamides is 1. The van der Waals surface area contributed by atoms with Gasteiger partial charge in [0.15, 0.2) is 21.4 Å². The molecular weight excluding hydrogens is 328 g/mol. The molecule has 6 nitrogen and oxygen atoms in total. The van der Waals surface area contributed by atoms with Crippen LogP contribution in [-0.2, 0) is 19.9 Å². The maximum absolute atomic E-state index is 13.6. The summed E-state index contributed by atoms with van der Waals surface area (Å²) in [6.45, 7) is 1.33. The fourth-order valence-electron chi connectivity index (χ4n) is 1.54. The van der Waals surface area contributed by atoms with Crippen LogP contribution in [0.3, 0.4) is 0 Å². The first-order chi connectivity index (χ1) is 9.58. The standard InChI is InChI=1S/C11H15F2NO5S2/c1-2-6-20(15,16)7-5-19-8-3-4-9(21(14,17)18)11(13)10(8)12/h3-4H,2,5-7H2,1H3,(H2,14,17,18). The van der Waals surface area contributed by atoms with E-state index in [-0.39, 0.29) is 18.1 Å². The van der Waals surface area contributed by atoms with Gasteiger partial charge in [-0.05, 0) is 18.6 Å². The number of sulfonamides is 1. The van der Waals surface area contributed by atoms with Crippen LogP contribution >= 0.6 is 0 Å². The van der Waals surface area contributed by atoms with Gasteiger partial charge in [-0.3, -0.25) is 0 Å². The molecule has 0 atom stereocenters. The highest BCUT2D eigenvalue weighted by molar-refractivity contribution is 7.91. The molecule has 1 aromatic carbocycles. The van der Waals surface area contributed by atoms with Crippen molar-refractivity contribution in [3.8, 4) is 5.75 Å². The summed E-state index contributed by atoms with van der Waals surface area (Å²) < 4.78 is 76.7. The summed E-state index contributed by atoms with van der Waals surface area (Å²) >= 11 is 0. The summed E-state index contributed by atoms with van der Waals surface area (Å²) in [5.74, 6) is -4.15. The van der Waals surface area contributed by atoms with E-state index in [1.807, 2.05) is 0 Å². The molecule has 0 bridgehead atoms. The number of sulfone groups is 1. The van der Waals surface area contributed by atoms with Gasteiger partial charge in [-0.15, -0.1) is 0 Å². The molecule has 21 heavy (non-hydrogen) atoms. The van der Waals surface area contributed by atoms with Gasteiger partial charge in [0.25, 0.3) is 0 Å². The van der Waals surface area contributed by atoms with E-state index in [2.05, 4.69) is 0 Å². The highest BCUT2D eigenvalue weighted by Crippen LogP contribution is 2.24. The van der Waals surface area contributed by atoms with Crippen LogP contribution < -0.4 is 9.88 Å². The molecular formula is C11H15F2NO5S2. The Bertz CT molecular complexity index is 716. The second kappa shape index (κ2) is 6.67. The lowest BCUT2D eigenvalue weighted by atomic mass is 10.3. The van der Waals surface area contributed by atoms with Gasteiger partial charge in [0.2, 0.25) is 15.8 Å². The molecule has 0 unspecified atom stereocenters. The average molecular weight is 343 g/mol. The van der Waals surface area contributed by atoms with E-state index >= 15 is 0 Å². The first-order valence-electron chi connectivity index (χ1n) is 5.92. The highest BCUT2D eigenvalue weighted by Gasteiger charge is 2.21. The number of hydrogen-bond donors (Lipinski definition) is 1. The lowest BCUT2D eigenvalue weighted by molar-refractivity contribution is 0.312. The third kappa shape index (κ3) is 4.90. The second-order valence-electron chi connectivity index (χ2n) is 4.24. The predicted octanol–water partition coefficient (Wildman–Crippen LogP) is 0.816. The van der Waals surface area contributed by atoms with Gasteiger partial charge in [0, 0.05) is 0 Å². The van der Waals surface area contributed by atoms with Crippen molar-refractivity contribution >= 4 is 19.9 Å². The van der Waals surface area contributed by atoms with Crippen LogP contribution in [0.4, 0.5) is 8.78 Å². The lowest BCUT2D eigenvalue weighted by Crippen LogP contribution is -2.18. The SMILES string of the molecule is CCCS(=O)(=O)CCOc1ccc(S(N)(=O)=O)c(F)c1F. The van der Waals surface area contributed by atoms with Crippen molar-refractivity contribution in [2.24, 2.45) is 5.14 Å². The molecule has 0 aliphatic rings. The van der Waals surface area contributed by atoms with E-state index in [0.29, 0.717) is 6.42 Å². The van der Waals surface area contributed by atoms with Gasteiger partial charge in [-0.2, -0.15) is 4.39 Å². The van der Waals surface area contributed by atoms with Crippen molar-refractivity contribution in [1.29, 1.82) is 0 Å². The van der Waals surface area contributed by atoms with E-state index in [1.54, 1.807) is 6.92 Å². The summed E-state index contributed by atoms with van der Waals surface area (Å²) in [5.41, 5.74) is 0. The molecule has 120 valence electrons. The van der Waals surface area contributed by atoms with Crippen molar-refractivity contribution in [2.45, 2.75) is 18.2 Å². The van der Waals surface area contributed by atoms with Gasteiger partial charge in [0.1, 0.15) is 11.5 Å². The molecule has 0 heterocycles. The normalized spacial score (nSPS) is 12.4. The lowest BCUT2D eigenvalue weighted by Gasteiger charge is -2.09. The molecule has 1 aromatic rings. The Morgan fingerprint density at radius 1 is 1.10 bits per heavy atom. The van der Waals surface area contributed by atoms with Crippen LogP contribution in [0.15, 0.2) is 17.0 Å². The first kappa shape index (κ1) is 17.8. The number of benzene rings is 1. The van der Waals surface area contributed by atoms with Crippen LogP contribution in [0.25, 0.3) is 0 Å². The van der Waals surface area contributed by atoms with E-state index in [0.717, 1.165) is 12.1 Å². The van der Waals surface area contributed by atoms with Crippen LogP contribution in [0.1, 0.15) is 13.3 Å². The van der Waals surface area contributed by atoms with E-state index in [9.17, 15) is 25.6 Å². The minimum atomic E-state index is -4.39. The van der Waals surface area contributed by atoms with Crippen molar-refractivity contribution in [3.05, 3.63) is 23.8 Å². The van der Waals surface area contributed by atoms with Gasteiger partial charge < -0.3 is 4.74 Å². The van der Waals surface area contributed by atoms with Crippen LogP contribution in [0, 0.1) is 11.6 Å². The Hall–Kier alpha value is -1.26. The summed E-state index contributed by atoms with van der Waals surface area (Å²) in [6.07, 6.45) is 0.439. The smallest absolute Gasteiger partial charge is 0.241 e. The molecule has 0 aliphatic carbocycles. The molecule has 0 amide bonds. The number of halogens is 2. The van der Waals surface area contributed by atoms with Gasteiger partial charge in [-0.25, -0.2) is 26.4 Å². The van der Waals surface area contributed by atoms with Crippen LogP contribution in [0.2, 0.25) is 0 Å². The topological polar surface area (TPSA) is 104 Å². The molecule has 0 spiro atoms. The predicted molar refractivity (Wildman–Crippen MR) is 72.2 cm³/mol. The maximum atomic E-state index is 13.6. The maximum Gasteiger partial charge on any atom is 0.241 e. The Balaban J connectivity index is 2.86. The van der Waals surface area contributed by atoms with Gasteiger partial charge >= 0.3 is 0 Å². The van der Waals surface area contributed by atoms with E-state index < -0.39 is 42.1 Å². The first-order valence-corrected chi connectivity index (χ1v) is 9.29. The van der Waals surface area contributed by atoms with Crippen molar-refractivity contribution < 1.29 is 30.4 Å². The Labute approximate surface area is 121 Å². The van der Waals surface area contributed by atoms with Gasteiger partial charge in [-0.1, -0.05) is 6.92 Å². The number of hydrogen-bond acceptors (Lipinski definition) is 5. The summed E-state index contributed by atoms with van der Waals surface area (Å²) in [5, 5.41) is 4.71. The molecule has 2 N–H and O–H groups in total. The molecule has 0 saturated carbocycles. The molecule has 0 aliphatic heterocycles. The summed E-state index contributed by atoms with van der Waals surface area (Å²) in [4.78, 5) is -0.994. The third-order valence-corrected chi connectivity index (χ3v) is 5.23. The van der Waals surface area contributed by atoms with E-state index in [4.69, 9.17) is 9.88 Å². The zero-order valence-electron chi connectivity index (χ0n) is 11.2. The van der Waals surface area contributed by atoms with Gasteiger partial charge in [0.05, 0.1) is 11.5 Å². The number of ether oxygens (including phenoxy) is 1. The van der Waals surface area contributed by atoms with Crippen LogP contribution in [0.5, 0.6) is 5.75 Å². The summed E-state index contributed by atoms with van der Waals surface area (Å²) in [6, 6.07) is 1.63. The highest BCUT2D eigenvalue weighted by atomic mass is 32.2. The molecule has 0 aromatic heterocycles. The zero-order valence-corrected chi connectivity index (χ0v) is 12.8. The van der Waals surface area contributed by atoms with Crippen molar-refractivity contribution in [3.63, 3.8) is 0 Å². The van der Waals surface area contributed by atoms with E-state index in [1.165, 1.54) is 0 Å². The molecule has 1 rings (SSSR count). The zero-order chi connectivity index (χ0) is 16.3. The second-order valence-corrected chi connectivity index (χ2v) is 8.07. The number of nitrogens with two attached hydrogens (primary N) is 1. The fraction of sp³-hybridized carbons (Fsp3) is 0.455.